The number of fused-ring (bicyclic) bond motifs is 3. The SMILES string of the molecule is CN1CC(C)(C)C[C@]2(C)Cc3ccccc3[C@H]12. The highest BCUT2D eigenvalue weighted by molar-refractivity contribution is 5.38. The van der Waals surface area contributed by atoms with Gasteiger partial charge >= 0.3 is 0 Å². The van der Waals surface area contributed by atoms with E-state index in [9.17, 15) is 0 Å². The molecule has 0 bridgehead atoms. The third kappa shape index (κ3) is 1.63. The largest absolute Gasteiger partial charge is 0.298 e. The molecule has 1 aromatic carbocycles. The van der Waals surface area contributed by atoms with Crippen LogP contribution in [0.4, 0.5) is 0 Å². The Morgan fingerprint density at radius 1 is 1.18 bits per heavy atom. The second-order valence-corrected chi connectivity index (χ2v) is 7.19. The molecule has 0 spiro atoms. The van der Waals surface area contributed by atoms with E-state index in [2.05, 4.69) is 57.0 Å². The smallest absolute Gasteiger partial charge is 0.0405 e. The predicted molar refractivity (Wildman–Crippen MR) is 72.0 cm³/mol. The molecule has 2 atom stereocenters. The molecule has 0 radical (unpaired) electrons. The molecule has 0 amide bonds. The van der Waals surface area contributed by atoms with E-state index in [4.69, 9.17) is 0 Å². The van der Waals surface area contributed by atoms with Gasteiger partial charge in [-0.2, -0.15) is 0 Å². The van der Waals surface area contributed by atoms with Crippen LogP contribution in [0, 0.1) is 10.8 Å². The van der Waals surface area contributed by atoms with Gasteiger partial charge in [0.1, 0.15) is 0 Å². The van der Waals surface area contributed by atoms with Gasteiger partial charge < -0.3 is 0 Å². The van der Waals surface area contributed by atoms with Gasteiger partial charge in [-0.05, 0) is 41.8 Å². The zero-order chi connectivity index (χ0) is 12.3. The Balaban J connectivity index is 2.06. The average molecular weight is 229 g/mol. The van der Waals surface area contributed by atoms with Crippen molar-refractivity contribution in [3.05, 3.63) is 35.4 Å². The van der Waals surface area contributed by atoms with Crippen molar-refractivity contribution in [2.75, 3.05) is 13.6 Å². The van der Waals surface area contributed by atoms with Gasteiger partial charge in [-0.25, -0.2) is 0 Å². The third-order valence-corrected chi connectivity index (χ3v) is 4.60. The van der Waals surface area contributed by atoms with E-state index in [0.717, 1.165) is 0 Å². The molecule has 1 heterocycles. The molecular formula is C16H23N. The van der Waals surface area contributed by atoms with Crippen molar-refractivity contribution in [1.29, 1.82) is 0 Å². The van der Waals surface area contributed by atoms with Crippen LogP contribution >= 0.6 is 0 Å². The first-order valence-corrected chi connectivity index (χ1v) is 6.69. The molecule has 0 unspecified atom stereocenters. The predicted octanol–water partition coefficient (Wildman–Crippen LogP) is 3.65. The van der Waals surface area contributed by atoms with Gasteiger partial charge in [-0.15, -0.1) is 0 Å². The number of hydrogen-bond acceptors (Lipinski definition) is 1. The molecule has 2 aliphatic rings. The fourth-order valence-electron chi connectivity index (χ4n) is 4.71. The first kappa shape index (κ1) is 11.3. The van der Waals surface area contributed by atoms with Crippen molar-refractivity contribution < 1.29 is 0 Å². The second kappa shape index (κ2) is 3.35. The first-order valence-electron chi connectivity index (χ1n) is 6.69. The summed E-state index contributed by atoms with van der Waals surface area (Å²) in [5, 5.41) is 0. The Kier molecular flexibility index (Phi) is 2.22. The van der Waals surface area contributed by atoms with Gasteiger partial charge in [-0.1, -0.05) is 45.0 Å². The van der Waals surface area contributed by atoms with E-state index in [1.807, 2.05) is 0 Å². The molecule has 0 saturated carbocycles. The van der Waals surface area contributed by atoms with Gasteiger partial charge in [0.15, 0.2) is 0 Å². The summed E-state index contributed by atoms with van der Waals surface area (Å²) in [6.45, 7) is 8.51. The highest BCUT2D eigenvalue weighted by atomic mass is 15.2. The lowest BCUT2D eigenvalue weighted by molar-refractivity contribution is -0.0161. The van der Waals surface area contributed by atoms with Crippen LogP contribution in [0.5, 0.6) is 0 Å². The topological polar surface area (TPSA) is 3.24 Å². The Hall–Kier alpha value is -0.820. The Morgan fingerprint density at radius 3 is 2.65 bits per heavy atom. The van der Waals surface area contributed by atoms with Crippen LogP contribution in [0.1, 0.15) is 44.4 Å². The van der Waals surface area contributed by atoms with Crippen molar-refractivity contribution in [3.8, 4) is 0 Å². The van der Waals surface area contributed by atoms with Crippen LogP contribution in [-0.4, -0.2) is 18.5 Å². The van der Waals surface area contributed by atoms with Gasteiger partial charge in [0.05, 0.1) is 0 Å². The maximum Gasteiger partial charge on any atom is 0.0405 e. The number of likely N-dealkylation sites (tertiary alicyclic amines) is 1. The molecule has 1 nitrogen and oxygen atoms in total. The van der Waals surface area contributed by atoms with Gasteiger partial charge in [0, 0.05) is 12.6 Å². The van der Waals surface area contributed by atoms with Gasteiger partial charge in [0.25, 0.3) is 0 Å². The molecule has 92 valence electrons. The zero-order valence-electron chi connectivity index (χ0n) is 11.5. The Labute approximate surface area is 105 Å². The van der Waals surface area contributed by atoms with E-state index in [1.165, 1.54) is 19.4 Å². The highest BCUT2D eigenvalue weighted by Crippen LogP contribution is 2.57. The average Bonchev–Trinajstić information content (AvgIpc) is 2.46. The fourth-order valence-corrected chi connectivity index (χ4v) is 4.71. The lowest BCUT2D eigenvalue weighted by Gasteiger charge is -2.50. The fraction of sp³-hybridized carbons (Fsp3) is 0.625. The number of piperidine rings is 1. The number of hydrogen-bond donors (Lipinski definition) is 0. The zero-order valence-corrected chi connectivity index (χ0v) is 11.5. The molecule has 0 aromatic heterocycles. The van der Waals surface area contributed by atoms with E-state index in [1.54, 1.807) is 11.1 Å². The van der Waals surface area contributed by atoms with Crippen molar-refractivity contribution in [3.63, 3.8) is 0 Å². The van der Waals surface area contributed by atoms with Crippen molar-refractivity contribution >= 4 is 0 Å². The molecule has 1 aromatic rings. The number of benzene rings is 1. The summed E-state index contributed by atoms with van der Waals surface area (Å²) in [6, 6.07) is 9.66. The molecular weight excluding hydrogens is 206 g/mol. The maximum atomic E-state index is 2.58. The van der Waals surface area contributed by atoms with Crippen LogP contribution in [0.2, 0.25) is 0 Å². The molecule has 0 N–H and O–H groups in total. The standard InChI is InChI=1S/C16H23N/c1-15(2)10-16(3)9-12-7-5-6-8-13(12)14(16)17(4)11-15/h5-8,14H,9-11H2,1-4H3/t14-,16-/m0/s1. The summed E-state index contributed by atoms with van der Waals surface area (Å²) in [5.41, 5.74) is 4.03. The van der Waals surface area contributed by atoms with E-state index >= 15 is 0 Å². The highest BCUT2D eigenvalue weighted by Gasteiger charge is 2.50. The summed E-state index contributed by atoms with van der Waals surface area (Å²) in [4.78, 5) is 2.58. The second-order valence-electron chi connectivity index (χ2n) is 7.19. The van der Waals surface area contributed by atoms with Crippen LogP contribution in [0.15, 0.2) is 24.3 Å². The summed E-state index contributed by atoms with van der Waals surface area (Å²) in [6.07, 6.45) is 2.59. The summed E-state index contributed by atoms with van der Waals surface area (Å²) >= 11 is 0. The first-order chi connectivity index (χ1) is 7.91. The van der Waals surface area contributed by atoms with Crippen molar-refractivity contribution in [2.24, 2.45) is 10.8 Å². The minimum Gasteiger partial charge on any atom is -0.298 e. The summed E-state index contributed by atoms with van der Waals surface area (Å²) < 4.78 is 0. The van der Waals surface area contributed by atoms with Gasteiger partial charge in [-0.3, -0.25) is 4.90 Å². The maximum absolute atomic E-state index is 2.58. The van der Waals surface area contributed by atoms with Crippen molar-refractivity contribution in [1.82, 2.24) is 4.90 Å². The quantitative estimate of drug-likeness (QED) is 0.656. The number of rotatable bonds is 0. The van der Waals surface area contributed by atoms with Crippen molar-refractivity contribution in [2.45, 2.75) is 39.7 Å². The van der Waals surface area contributed by atoms with E-state index in [-0.39, 0.29) is 0 Å². The minimum atomic E-state index is 0.431. The summed E-state index contributed by atoms with van der Waals surface area (Å²) in [5.74, 6) is 0. The van der Waals surface area contributed by atoms with Crippen LogP contribution in [0.25, 0.3) is 0 Å². The molecule has 1 heteroatoms. The molecule has 1 saturated heterocycles. The van der Waals surface area contributed by atoms with Crippen LogP contribution in [0.3, 0.4) is 0 Å². The Morgan fingerprint density at radius 2 is 1.88 bits per heavy atom. The van der Waals surface area contributed by atoms with E-state index < -0.39 is 0 Å². The lowest BCUT2D eigenvalue weighted by atomic mass is 9.66. The van der Waals surface area contributed by atoms with Crippen LogP contribution < -0.4 is 0 Å². The molecule has 1 aliphatic heterocycles. The summed E-state index contributed by atoms with van der Waals surface area (Å²) in [7, 11) is 2.30. The third-order valence-electron chi connectivity index (χ3n) is 4.60. The molecule has 1 aliphatic carbocycles. The van der Waals surface area contributed by atoms with Crippen LogP contribution in [-0.2, 0) is 6.42 Å². The molecule has 17 heavy (non-hydrogen) atoms. The molecule has 3 rings (SSSR count). The minimum absolute atomic E-state index is 0.431. The normalized spacial score (nSPS) is 35.4. The van der Waals surface area contributed by atoms with E-state index in [0.29, 0.717) is 16.9 Å². The number of nitrogens with zero attached hydrogens (tertiary/aromatic N) is 1. The Bertz CT molecular complexity index is 449. The molecule has 1 fully saturated rings. The van der Waals surface area contributed by atoms with Gasteiger partial charge in [0.2, 0.25) is 0 Å². The monoisotopic (exact) mass is 229 g/mol. The lowest BCUT2D eigenvalue weighted by Crippen LogP contribution is -2.48.